The molecule has 0 aromatic heterocycles. The summed E-state index contributed by atoms with van der Waals surface area (Å²) in [6, 6.07) is 7.64. The van der Waals surface area contributed by atoms with Crippen LogP contribution in [-0.4, -0.2) is 13.0 Å². The molecular weight excluding hydrogens is 335 g/mol. The van der Waals surface area contributed by atoms with Crippen LogP contribution >= 0.6 is 13.5 Å². The van der Waals surface area contributed by atoms with Crippen LogP contribution in [0.4, 0.5) is 18.9 Å². The number of rotatable bonds is 4. The minimum Gasteiger partial charge on any atom is -0.315 e. The zero-order valence-electron chi connectivity index (χ0n) is 13.7. The normalized spacial score (nSPS) is 11.6. The van der Waals surface area contributed by atoms with E-state index in [1.54, 1.807) is 27.0 Å². The predicted molar refractivity (Wildman–Crippen MR) is 94.2 cm³/mol. The minimum atomic E-state index is -0.665. The molecule has 0 fully saturated rings. The number of hydrogen-bond donors (Lipinski definition) is 0. The fourth-order valence-corrected chi connectivity index (χ4v) is 2.46. The third kappa shape index (κ3) is 4.77. The first kappa shape index (κ1) is 20.1. The fourth-order valence-electron chi connectivity index (χ4n) is 2.46. The lowest BCUT2D eigenvalue weighted by Gasteiger charge is -2.22. The third-order valence-electron chi connectivity index (χ3n) is 3.75. The van der Waals surface area contributed by atoms with Crippen LogP contribution in [0.5, 0.6) is 0 Å². The van der Waals surface area contributed by atoms with Crippen LogP contribution in [0.3, 0.4) is 0 Å². The molecule has 0 N–H and O–H groups in total. The number of carbonyl (C=O) groups excluding carboxylic acids is 1. The molecule has 2 nitrogen and oxygen atoms in total. The molecular formula is C18H20F3NOS. The lowest BCUT2D eigenvalue weighted by Crippen LogP contribution is -2.32. The Kier molecular flexibility index (Phi) is 6.90. The van der Waals surface area contributed by atoms with Crippen LogP contribution in [0.25, 0.3) is 0 Å². The molecule has 0 aliphatic rings. The van der Waals surface area contributed by atoms with Gasteiger partial charge in [-0.3, -0.25) is 4.79 Å². The average molecular weight is 355 g/mol. The third-order valence-corrected chi connectivity index (χ3v) is 3.75. The highest BCUT2D eigenvalue weighted by molar-refractivity contribution is 7.59. The van der Waals surface area contributed by atoms with Crippen molar-refractivity contribution in [2.45, 2.75) is 20.3 Å². The Morgan fingerprint density at radius 1 is 1.08 bits per heavy atom. The molecule has 130 valence electrons. The van der Waals surface area contributed by atoms with Crippen molar-refractivity contribution in [1.82, 2.24) is 0 Å². The summed E-state index contributed by atoms with van der Waals surface area (Å²) in [6.07, 6.45) is 0.220. The maximum atomic E-state index is 13.3. The highest BCUT2D eigenvalue weighted by atomic mass is 32.1. The molecule has 24 heavy (non-hydrogen) atoms. The van der Waals surface area contributed by atoms with E-state index in [1.165, 1.54) is 29.2 Å². The Labute approximate surface area is 146 Å². The number of anilines is 1. The average Bonchev–Trinajstić information content (AvgIpc) is 2.47. The summed E-state index contributed by atoms with van der Waals surface area (Å²) in [5, 5.41) is 0. The van der Waals surface area contributed by atoms with Crippen molar-refractivity contribution in [3.63, 3.8) is 0 Å². The highest BCUT2D eigenvalue weighted by Gasteiger charge is 2.20. The van der Waals surface area contributed by atoms with E-state index in [9.17, 15) is 18.0 Å². The second-order valence-electron chi connectivity index (χ2n) is 5.71. The molecule has 0 unspecified atom stereocenters. The lowest BCUT2D eigenvalue weighted by atomic mass is 9.99. The van der Waals surface area contributed by atoms with Crippen molar-refractivity contribution in [3.05, 3.63) is 65.0 Å². The second kappa shape index (κ2) is 8.24. The summed E-state index contributed by atoms with van der Waals surface area (Å²) in [7, 11) is 1.59. The van der Waals surface area contributed by atoms with E-state index in [1.807, 2.05) is 0 Å². The molecule has 2 aromatic rings. The van der Waals surface area contributed by atoms with Gasteiger partial charge < -0.3 is 4.90 Å². The van der Waals surface area contributed by atoms with E-state index in [4.69, 9.17) is 0 Å². The molecule has 0 saturated carbocycles. The van der Waals surface area contributed by atoms with Crippen LogP contribution in [-0.2, 0) is 11.2 Å². The number of carbonyl (C=O) groups is 1. The largest absolute Gasteiger partial charge is 0.315 e. The first-order chi connectivity index (χ1) is 10.8. The summed E-state index contributed by atoms with van der Waals surface area (Å²) in [5.41, 5.74) is 1.44. The number of nitrogens with zero attached hydrogens (tertiary/aromatic N) is 1. The molecule has 0 bridgehead atoms. The predicted octanol–water partition coefficient (Wildman–Crippen LogP) is 4.37. The molecule has 1 amide bonds. The van der Waals surface area contributed by atoms with Gasteiger partial charge in [0, 0.05) is 24.7 Å². The van der Waals surface area contributed by atoms with E-state index in [-0.39, 0.29) is 31.6 Å². The molecule has 1 atom stereocenters. The molecule has 0 aliphatic heterocycles. The smallest absolute Gasteiger partial charge is 0.229 e. The highest BCUT2D eigenvalue weighted by Crippen LogP contribution is 2.21. The Bertz CT molecular complexity index is 716. The fraction of sp³-hybridized carbons (Fsp3) is 0.278. The number of hydrogen-bond acceptors (Lipinski definition) is 1. The Morgan fingerprint density at radius 3 is 2.21 bits per heavy atom. The zero-order valence-corrected chi connectivity index (χ0v) is 14.7. The molecule has 2 aromatic carbocycles. The van der Waals surface area contributed by atoms with Gasteiger partial charge in [0.25, 0.3) is 0 Å². The minimum absolute atomic E-state index is 0. The van der Waals surface area contributed by atoms with Crippen molar-refractivity contribution in [2.24, 2.45) is 5.92 Å². The summed E-state index contributed by atoms with van der Waals surface area (Å²) < 4.78 is 39.7. The van der Waals surface area contributed by atoms with Crippen molar-refractivity contribution in [2.75, 3.05) is 11.9 Å². The second-order valence-corrected chi connectivity index (χ2v) is 5.71. The topological polar surface area (TPSA) is 20.3 Å². The van der Waals surface area contributed by atoms with Crippen molar-refractivity contribution in [3.8, 4) is 0 Å². The number of halogens is 3. The molecule has 0 aliphatic carbocycles. The maximum absolute atomic E-state index is 13.3. The number of benzene rings is 2. The van der Waals surface area contributed by atoms with Gasteiger partial charge in [0.15, 0.2) is 0 Å². The van der Waals surface area contributed by atoms with Crippen LogP contribution in [0, 0.1) is 30.3 Å². The van der Waals surface area contributed by atoms with Gasteiger partial charge in [0.1, 0.15) is 17.5 Å². The van der Waals surface area contributed by atoms with Gasteiger partial charge in [-0.2, -0.15) is 13.5 Å². The van der Waals surface area contributed by atoms with E-state index in [2.05, 4.69) is 0 Å². The van der Waals surface area contributed by atoms with Crippen molar-refractivity contribution < 1.29 is 18.0 Å². The van der Waals surface area contributed by atoms with Gasteiger partial charge in [-0.15, -0.1) is 0 Å². The van der Waals surface area contributed by atoms with Crippen molar-refractivity contribution in [1.29, 1.82) is 0 Å². The molecule has 0 saturated heterocycles. The van der Waals surface area contributed by atoms with Crippen LogP contribution < -0.4 is 4.90 Å². The standard InChI is InChI=1S/C18H18F3NO.H2S/c1-11-7-16(4-5-17(11)21)22(3)18(23)12(2)6-13-8-14(19)10-15(20)9-13;/h4-5,7-10,12H,6H2,1-3H3;1H2/t12-;/m0./s1. The van der Waals surface area contributed by atoms with Gasteiger partial charge in [-0.05, 0) is 54.8 Å². The van der Waals surface area contributed by atoms with Gasteiger partial charge in [-0.1, -0.05) is 6.92 Å². The molecule has 6 heteroatoms. The van der Waals surface area contributed by atoms with Crippen LogP contribution in [0.15, 0.2) is 36.4 Å². The maximum Gasteiger partial charge on any atom is 0.229 e. The first-order valence-corrected chi connectivity index (χ1v) is 7.26. The van der Waals surface area contributed by atoms with E-state index in [0.29, 0.717) is 16.8 Å². The SMILES string of the molecule is Cc1cc(N(C)C(=O)[C@@H](C)Cc2cc(F)cc(F)c2)ccc1F.S. The van der Waals surface area contributed by atoms with Crippen LogP contribution in [0.1, 0.15) is 18.1 Å². The number of amides is 1. The first-order valence-electron chi connectivity index (χ1n) is 7.26. The quantitative estimate of drug-likeness (QED) is 0.798. The Morgan fingerprint density at radius 2 is 1.67 bits per heavy atom. The molecule has 0 radical (unpaired) electrons. The van der Waals surface area contributed by atoms with E-state index < -0.39 is 17.6 Å². The lowest BCUT2D eigenvalue weighted by molar-refractivity contribution is -0.121. The monoisotopic (exact) mass is 355 g/mol. The molecule has 2 rings (SSSR count). The van der Waals surface area contributed by atoms with E-state index in [0.717, 1.165) is 6.07 Å². The Hall–Kier alpha value is -1.95. The molecule has 0 spiro atoms. The van der Waals surface area contributed by atoms with E-state index >= 15 is 0 Å². The Balaban J connectivity index is 0.00000288. The molecule has 0 heterocycles. The summed E-state index contributed by atoms with van der Waals surface area (Å²) in [4.78, 5) is 13.9. The van der Waals surface area contributed by atoms with Crippen LogP contribution in [0.2, 0.25) is 0 Å². The van der Waals surface area contributed by atoms with Gasteiger partial charge in [-0.25, -0.2) is 13.2 Å². The van der Waals surface area contributed by atoms with Gasteiger partial charge in [0.05, 0.1) is 0 Å². The van der Waals surface area contributed by atoms with Crippen molar-refractivity contribution >= 4 is 25.1 Å². The zero-order chi connectivity index (χ0) is 17.1. The summed E-state index contributed by atoms with van der Waals surface area (Å²) in [5.74, 6) is -2.34. The summed E-state index contributed by atoms with van der Waals surface area (Å²) in [6.45, 7) is 3.31. The summed E-state index contributed by atoms with van der Waals surface area (Å²) >= 11 is 0. The van der Waals surface area contributed by atoms with Gasteiger partial charge >= 0.3 is 0 Å². The van der Waals surface area contributed by atoms with Gasteiger partial charge in [0.2, 0.25) is 5.91 Å². The number of aryl methyl sites for hydroxylation is 1.